The minimum Gasteiger partial charge on any atom is -0.434 e. The lowest BCUT2D eigenvalue weighted by Gasteiger charge is -2.26. The van der Waals surface area contributed by atoms with Crippen molar-refractivity contribution in [2.24, 2.45) is 0 Å². The number of halogens is 2. The van der Waals surface area contributed by atoms with E-state index in [1.165, 1.54) is 34.3 Å². The van der Waals surface area contributed by atoms with E-state index < -0.39 is 12.5 Å². The maximum absolute atomic E-state index is 13.4. The van der Waals surface area contributed by atoms with Crippen LogP contribution in [0.1, 0.15) is 39.3 Å². The summed E-state index contributed by atoms with van der Waals surface area (Å²) in [6, 6.07) is 6.52. The Morgan fingerprint density at radius 1 is 1.13 bits per heavy atom. The molecule has 2 N–H and O–H groups in total. The number of fused-ring (bicyclic) bond motifs is 2. The first-order valence-corrected chi connectivity index (χ1v) is 12.7. The molecule has 0 saturated carbocycles. The first kappa shape index (κ1) is 24.0. The van der Waals surface area contributed by atoms with E-state index in [4.69, 9.17) is 4.74 Å². The van der Waals surface area contributed by atoms with Crippen molar-refractivity contribution in [1.82, 2.24) is 29.7 Å². The molecule has 5 heterocycles. The molecule has 10 nitrogen and oxygen atoms in total. The Kier molecular flexibility index (Phi) is 6.19. The molecule has 4 aromatic heterocycles. The second-order valence-electron chi connectivity index (χ2n) is 8.79. The molecule has 13 heteroatoms. The van der Waals surface area contributed by atoms with Crippen molar-refractivity contribution in [1.29, 1.82) is 0 Å². The van der Waals surface area contributed by atoms with E-state index in [0.29, 0.717) is 33.7 Å². The van der Waals surface area contributed by atoms with E-state index in [9.17, 15) is 18.4 Å². The molecule has 0 unspecified atom stereocenters. The third-order valence-corrected chi connectivity index (χ3v) is 7.46. The van der Waals surface area contributed by atoms with Gasteiger partial charge in [-0.3, -0.25) is 14.7 Å². The smallest absolute Gasteiger partial charge is 0.387 e. The fourth-order valence-electron chi connectivity index (χ4n) is 4.58. The molecule has 5 aromatic rings. The topological polar surface area (TPSA) is 118 Å². The van der Waals surface area contributed by atoms with Gasteiger partial charge >= 0.3 is 6.61 Å². The van der Waals surface area contributed by atoms with Crippen LogP contribution in [-0.2, 0) is 0 Å². The molecular weight excluding hydrogens is 516 g/mol. The van der Waals surface area contributed by atoms with Crippen LogP contribution in [0.25, 0.3) is 27.0 Å². The van der Waals surface area contributed by atoms with Gasteiger partial charge in [-0.1, -0.05) is 0 Å². The number of nitrogens with one attached hydrogen (secondary N) is 2. The normalized spacial score (nSPS) is 13.9. The minimum absolute atomic E-state index is 0.0692. The maximum Gasteiger partial charge on any atom is 0.387 e. The van der Waals surface area contributed by atoms with E-state index in [-0.39, 0.29) is 34.2 Å². The van der Waals surface area contributed by atoms with Crippen molar-refractivity contribution in [3.63, 3.8) is 0 Å². The van der Waals surface area contributed by atoms with Crippen molar-refractivity contribution in [3.8, 4) is 17.0 Å². The first-order chi connectivity index (χ1) is 18.5. The van der Waals surface area contributed by atoms with Crippen LogP contribution in [0.3, 0.4) is 0 Å². The lowest BCUT2D eigenvalue weighted by molar-refractivity contribution is -0.0493. The number of alkyl halides is 2. The Morgan fingerprint density at radius 3 is 2.79 bits per heavy atom. The van der Waals surface area contributed by atoms with Gasteiger partial charge in [0, 0.05) is 35.7 Å². The molecule has 1 aromatic carbocycles. The number of piperidine rings is 1. The molecule has 194 valence electrons. The fourth-order valence-corrected chi connectivity index (χ4v) is 5.63. The number of H-pyrrole nitrogens is 1. The highest BCUT2D eigenvalue weighted by Gasteiger charge is 2.24. The number of hydrogen-bond acceptors (Lipinski definition) is 7. The number of nitrogens with zero attached hydrogens (tertiary/aromatic N) is 5. The van der Waals surface area contributed by atoms with Crippen molar-refractivity contribution >= 4 is 44.6 Å². The Labute approximate surface area is 218 Å². The van der Waals surface area contributed by atoms with Crippen LogP contribution < -0.4 is 10.1 Å². The number of amides is 2. The van der Waals surface area contributed by atoms with Gasteiger partial charge in [0.2, 0.25) is 0 Å². The summed E-state index contributed by atoms with van der Waals surface area (Å²) in [4.78, 5) is 32.6. The van der Waals surface area contributed by atoms with E-state index in [2.05, 4.69) is 25.6 Å². The van der Waals surface area contributed by atoms with Crippen LogP contribution in [0, 0.1) is 0 Å². The van der Waals surface area contributed by atoms with Crippen LogP contribution in [-0.4, -0.2) is 61.2 Å². The van der Waals surface area contributed by atoms with Crippen LogP contribution in [0.5, 0.6) is 5.75 Å². The quantitative estimate of drug-likeness (QED) is 0.321. The predicted octanol–water partition coefficient (Wildman–Crippen LogP) is 4.81. The van der Waals surface area contributed by atoms with Crippen LogP contribution in [0.2, 0.25) is 0 Å². The fraction of sp³-hybridized carbons (Fsp3) is 0.240. The summed E-state index contributed by atoms with van der Waals surface area (Å²) in [5, 5.41) is 14.3. The maximum atomic E-state index is 13.4. The van der Waals surface area contributed by atoms with Crippen molar-refractivity contribution in [2.45, 2.75) is 25.9 Å². The molecule has 1 fully saturated rings. The van der Waals surface area contributed by atoms with Crippen LogP contribution in [0.15, 0.2) is 49.1 Å². The summed E-state index contributed by atoms with van der Waals surface area (Å²) in [5.41, 5.74) is 1.39. The summed E-state index contributed by atoms with van der Waals surface area (Å²) in [5.74, 6) is -0.677. The first-order valence-electron chi connectivity index (χ1n) is 11.9. The number of aromatic nitrogens is 5. The van der Waals surface area contributed by atoms with Gasteiger partial charge < -0.3 is 15.0 Å². The lowest BCUT2D eigenvalue weighted by Crippen LogP contribution is -2.35. The van der Waals surface area contributed by atoms with Gasteiger partial charge in [-0.15, -0.1) is 11.3 Å². The Bertz CT molecular complexity index is 1660. The molecule has 0 atom stereocenters. The highest BCUT2D eigenvalue weighted by atomic mass is 32.1. The second kappa shape index (κ2) is 9.82. The number of likely N-dealkylation sites (tertiary alicyclic amines) is 1. The van der Waals surface area contributed by atoms with Gasteiger partial charge in [0.15, 0.2) is 5.65 Å². The monoisotopic (exact) mass is 537 g/mol. The van der Waals surface area contributed by atoms with Crippen molar-refractivity contribution in [3.05, 3.63) is 59.5 Å². The van der Waals surface area contributed by atoms with Gasteiger partial charge in [-0.2, -0.15) is 19.0 Å². The number of aromatic amines is 1. The highest BCUT2D eigenvalue weighted by Crippen LogP contribution is 2.40. The Hall–Kier alpha value is -4.39. The minimum atomic E-state index is -3.08. The number of carbonyl (C=O) groups excluding carboxylic acids is 2. The average molecular weight is 538 g/mol. The van der Waals surface area contributed by atoms with Crippen LogP contribution >= 0.6 is 11.3 Å². The van der Waals surface area contributed by atoms with E-state index in [1.807, 2.05) is 4.90 Å². The largest absolute Gasteiger partial charge is 0.434 e. The summed E-state index contributed by atoms with van der Waals surface area (Å²) in [6.07, 6.45) is 9.01. The number of benzene rings is 1. The Morgan fingerprint density at radius 2 is 1.97 bits per heavy atom. The molecule has 0 aliphatic carbocycles. The SMILES string of the molecule is O=C(Nc1cn[nH]c1-c1cc2sc(C(=O)N3CCCCC3)cc2cc1OC(F)F)c1cnn2cccnc12. The number of thiophene rings is 1. The van der Waals surface area contributed by atoms with Gasteiger partial charge in [-0.25, -0.2) is 9.50 Å². The van der Waals surface area contributed by atoms with E-state index >= 15 is 0 Å². The van der Waals surface area contributed by atoms with Gasteiger partial charge in [0.1, 0.15) is 11.3 Å². The number of hydrogen-bond donors (Lipinski definition) is 2. The molecule has 0 spiro atoms. The molecular formula is C25H21F2N7O3S. The van der Waals surface area contributed by atoms with Gasteiger partial charge in [0.25, 0.3) is 11.8 Å². The van der Waals surface area contributed by atoms with Crippen molar-refractivity contribution < 1.29 is 23.1 Å². The standard InChI is InChI=1S/C25H21F2N7O3S/c26-25(27)37-18-9-14-10-20(24(36)33-6-2-1-3-7-33)38-19(14)11-15(18)21-17(13-29-32-21)31-23(35)16-12-30-34-8-4-5-28-22(16)34/h4-5,8-13,25H,1-3,6-7H2,(H,29,32)(H,31,35). The molecule has 1 aliphatic rings. The number of anilines is 1. The van der Waals surface area contributed by atoms with Crippen molar-refractivity contribution in [2.75, 3.05) is 18.4 Å². The number of carbonyl (C=O) groups is 2. The van der Waals surface area contributed by atoms with E-state index in [0.717, 1.165) is 19.3 Å². The summed E-state index contributed by atoms with van der Waals surface area (Å²) in [7, 11) is 0. The number of ether oxygens (including phenoxy) is 1. The van der Waals surface area contributed by atoms with Gasteiger partial charge in [0.05, 0.1) is 28.7 Å². The third kappa shape index (κ3) is 4.45. The van der Waals surface area contributed by atoms with Crippen LogP contribution in [0.4, 0.5) is 14.5 Å². The molecule has 2 amide bonds. The summed E-state index contributed by atoms with van der Waals surface area (Å²) < 4.78 is 33.8. The van der Waals surface area contributed by atoms with E-state index in [1.54, 1.807) is 30.6 Å². The third-order valence-electron chi connectivity index (χ3n) is 6.37. The Balaban J connectivity index is 1.36. The molecule has 6 rings (SSSR count). The second-order valence-corrected chi connectivity index (χ2v) is 9.87. The number of rotatable bonds is 6. The zero-order valence-electron chi connectivity index (χ0n) is 19.9. The molecule has 1 saturated heterocycles. The average Bonchev–Trinajstić information content (AvgIpc) is 3.66. The molecule has 38 heavy (non-hydrogen) atoms. The predicted molar refractivity (Wildman–Crippen MR) is 137 cm³/mol. The van der Waals surface area contributed by atoms with Gasteiger partial charge in [-0.05, 0) is 48.9 Å². The molecule has 0 bridgehead atoms. The highest BCUT2D eigenvalue weighted by molar-refractivity contribution is 7.20. The molecule has 1 aliphatic heterocycles. The summed E-state index contributed by atoms with van der Waals surface area (Å²) in [6.45, 7) is -1.67. The zero-order valence-corrected chi connectivity index (χ0v) is 20.7. The molecule has 0 radical (unpaired) electrons. The summed E-state index contributed by atoms with van der Waals surface area (Å²) >= 11 is 1.28. The zero-order chi connectivity index (χ0) is 26.2. The lowest BCUT2D eigenvalue weighted by atomic mass is 10.1.